The van der Waals surface area contributed by atoms with Crippen molar-refractivity contribution < 1.29 is 9.53 Å². The zero-order chi connectivity index (χ0) is 11.1. The Kier molecular flexibility index (Phi) is 6.54. The fourth-order valence-electron chi connectivity index (χ4n) is 1.43. The van der Waals surface area contributed by atoms with Gasteiger partial charge in [0, 0.05) is 0 Å². The lowest BCUT2D eigenvalue weighted by Gasteiger charge is -2.17. The van der Waals surface area contributed by atoms with Crippen molar-refractivity contribution in [2.75, 3.05) is 0 Å². The van der Waals surface area contributed by atoms with E-state index < -0.39 is 6.04 Å². The topological polar surface area (TPSA) is 52.3 Å². The molecule has 0 heterocycles. The molecule has 0 amide bonds. The van der Waals surface area contributed by atoms with E-state index in [4.69, 9.17) is 10.5 Å². The predicted octanol–water partition coefficient (Wildman–Crippen LogP) is 2.09. The Balaban J connectivity index is 3.80. The summed E-state index contributed by atoms with van der Waals surface area (Å²) < 4.78 is 5.21. The van der Waals surface area contributed by atoms with Crippen LogP contribution in [0.3, 0.4) is 0 Å². The first-order valence-corrected chi connectivity index (χ1v) is 5.43. The molecule has 84 valence electrons. The predicted molar refractivity (Wildman–Crippen MR) is 57.9 cm³/mol. The van der Waals surface area contributed by atoms with E-state index in [1.54, 1.807) is 0 Å². The van der Waals surface area contributed by atoms with Crippen LogP contribution in [-0.2, 0) is 9.53 Å². The van der Waals surface area contributed by atoms with Crippen LogP contribution in [0.1, 0.15) is 47.0 Å². The molecule has 2 atom stereocenters. The van der Waals surface area contributed by atoms with Gasteiger partial charge in [0.1, 0.15) is 6.04 Å². The summed E-state index contributed by atoms with van der Waals surface area (Å²) in [5, 5.41) is 0. The highest BCUT2D eigenvalue weighted by Gasteiger charge is 2.17. The van der Waals surface area contributed by atoms with E-state index in [9.17, 15) is 4.79 Å². The van der Waals surface area contributed by atoms with Crippen LogP contribution >= 0.6 is 0 Å². The SMILES string of the molecule is CCC[C@@H](N)C(=O)OC(C)CC(C)C. The van der Waals surface area contributed by atoms with Crippen LogP contribution in [0.2, 0.25) is 0 Å². The Hall–Kier alpha value is -0.570. The standard InChI is InChI=1S/C11H23NO2/c1-5-6-10(12)11(13)14-9(4)7-8(2)3/h8-10H,5-7,12H2,1-4H3/t9?,10-/m1/s1. The molecule has 0 aliphatic carbocycles. The third kappa shape index (κ3) is 5.97. The van der Waals surface area contributed by atoms with E-state index in [-0.39, 0.29) is 12.1 Å². The maximum atomic E-state index is 11.4. The molecule has 3 nitrogen and oxygen atoms in total. The molecule has 0 spiro atoms. The molecule has 2 N–H and O–H groups in total. The van der Waals surface area contributed by atoms with Crippen LogP contribution in [0, 0.1) is 5.92 Å². The van der Waals surface area contributed by atoms with Crippen molar-refractivity contribution in [1.82, 2.24) is 0 Å². The maximum Gasteiger partial charge on any atom is 0.323 e. The van der Waals surface area contributed by atoms with Crippen LogP contribution < -0.4 is 5.73 Å². The minimum absolute atomic E-state index is 0.0228. The van der Waals surface area contributed by atoms with Crippen LogP contribution in [0.25, 0.3) is 0 Å². The van der Waals surface area contributed by atoms with Gasteiger partial charge in [0.25, 0.3) is 0 Å². The first kappa shape index (κ1) is 13.4. The molecule has 1 unspecified atom stereocenters. The van der Waals surface area contributed by atoms with Crippen LogP contribution in [0.15, 0.2) is 0 Å². The van der Waals surface area contributed by atoms with Gasteiger partial charge < -0.3 is 10.5 Å². The van der Waals surface area contributed by atoms with Crippen molar-refractivity contribution in [2.45, 2.75) is 59.1 Å². The summed E-state index contributed by atoms with van der Waals surface area (Å²) in [5.74, 6) is 0.278. The van der Waals surface area contributed by atoms with Gasteiger partial charge in [-0.1, -0.05) is 27.2 Å². The summed E-state index contributed by atoms with van der Waals surface area (Å²) in [5.41, 5.74) is 5.63. The van der Waals surface area contributed by atoms with Gasteiger partial charge in [-0.2, -0.15) is 0 Å². The third-order valence-corrected chi connectivity index (χ3v) is 2.02. The second-order valence-corrected chi connectivity index (χ2v) is 4.27. The van der Waals surface area contributed by atoms with Crippen molar-refractivity contribution in [3.8, 4) is 0 Å². The van der Waals surface area contributed by atoms with Crippen molar-refractivity contribution in [3.63, 3.8) is 0 Å². The van der Waals surface area contributed by atoms with Gasteiger partial charge in [-0.15, -0.1) is 0 Å². The molecule has 0 fully saturated rings. The summed E-state index contributed by atoms with van der Waals surface area (Å²) >= 11 is 0. The molecule has 0 aromatic rings. The number of hydrogen-bond acceptors (Lipinski definition) is 3. The van der Waals surface area contributed by atoms with Crippen molar-refractivity contribution in [1.29, 1.82) is 0 Å². The van der Waals surface area contributed by atoms with E-state index in [0.29, 0.717) is 12.3 Å². The van der Waals surface area contributed by atoms with Crippen molar-refractivity contribution in [2.24, 2.45) is 11.7 Å². The monoisotopic (exact) mass is 201 g/mol. The fraction of sp³-hybridized carbons (Fsp3) is 0.909. The molecular weight excluding hydrogens is 178 g/mol. The molecule has 0 saturated carbocycles. The van der Waals surface area contributed by atoms with E-state index in [0.717, 1.165) is 12.8 Å². The normalized spacial score (nSPS) is 15.3. The molecule has 0 aromatic heterocycles. The molecule has 3 heteroatoms. The van der Waals surface area contributed by atoms with E-state index in [1.807, 2.05) is 13.8 Å². The van der Waals surface area contributed by atoms with Crippen LogP contribution in [0.5, 0.6) is 0 Å². The molecule has 0 rings (SSSR count). The Morgan fingerprint density at radius 1 is 1.36 bits per heavy atom. The van der Waals surface area contributed by atoms with Gasteiger partial charge in [0.15, 0.2) is 0 Å². The zero-order valence-electron chi connectivity index (χ0n) is 9.75. The molecule has 0 saturated heterocycles. The second kappa shape index (κ2) is 6.82. The highest BCUT2D eigenvalue weighted by molar-refractivity contribution is 5.75. The first-order chi connectivity index (χ1) is 6.47. The smallest absolute Gasteiger partial charge is 0.323 e. The van der Waals surface area contributed by atoms with Gasteiger partial charge in [-0.05, 0) is 25.7 Å². The molecule has 0 bridgehead atoms. The summed E-state index contributed by atoms with van der Waals surface area (Å²) in [6, 6.07) is -0.449. The largest absolute Gasteiger partial charge is 0.462 e. The lowest BCUT2D eigenvalue weighted by atomic mass is 10.1. The Morgan fingerprint density at radius 2 is 1.93 bits per heavy atom. The Morgan fingerprint density at radius 3 is 2.36 bits per heavy atom. The van der Waals surface area contributed by atoms with Crippen LogP contribution in [0.4, 0.5) is 0 Å². The molecule has 0 aliphatic rings. The number of nitrogens with two attached hydrogens (primary N) is 1. The first-order valence-electron chi connectivity index (χ1n) is 5.43. The van der Waals surface area contributed by atoms with E-state index in [2.05, 4.69) is 13.8 Å². The Bertz CT molecular complexity index is 169. The zero-order valence-corrected chi connectivity index (χ0v) is 9.75. The average molecular weight is 201 g/mol. The minimum Gasteiger partial charge on any atom is -0.462 e. The highest BCUT2D eigenvalue weighted by Crippen LogP contribution is 2.09. The maximum absolute atomic E-state index is 11.4. The molecular formula is C11H23NO2. The van der Waals surface area contributed by atoms with Gasteiger partial charge >= 0.3 is 5.97 Å². The number of hydrogen-bond donors (Lipinski definition) is 1. The number of rotatable bonds is 6. The van der Waals surface area contributed by atoms with Gasteiger partial charge in [0.05, 0.1) is 6.10 Å². The summed E-state index contributed by atoms with van der Waals surface area (Å²) in [6.45, 7) is 8.13. The van der Waals surface area contributed by atoms with Gasteiger partial charge in [-0.3, -0.25) is 4.79 Å². The third-order valence-electron chi connectivity index (χ3n) is 2.02. The average Bonchev–Trinajstić information content (AvgIpc) is 2.02. The van der Waals surface area contributed by atoms with Crippen molar-refractivity contribution in [3.05, 3.63) is 0 Å². The minimum atomic E-state index is -0.449. The number of ether oxygens (including phenoxy) is 1. The van der Waals surface area contributed by atoms with Gasteiger partial charge in [-0.25, -0.2) is 0 Å². The quantitative estimate of drug-likeness (QED) is 0.669. The molecule has 14 heavy (non-hydrogen) atoms. The highest BCUT2D eigenvalue weighted by atomic mass is 16.5. The fourth-order valence-corrected chi connectivity index (χ4v) is 1.43. The lowest BCUT2D eigenvalue weighted by molar-refractivity contribution is -0.150. The molecule has 0 radical (unpaired) electrons. The summed E-state index contributed by atoms with van der Waals surface area (Å²) in [6.07, 6.45) is 2.48. The number of carbonyl (C=O) groups excluding carboxylic acids is 1. The van der Waals surface area contributed by atoms with E-state index in [1.165, 1.54) is 0 Å². The van der Waals surface area contributed by atoms with Crippen molar-refractivity contribution >= 4 is 5.97 Å². The second-order valence-electron chi connectivity index (χ2n) is 4.27. The lowest BCUT2D eigenvalue weighted by Crippen LogP contribution is -2.34. The number of esters is 1. The van der Waals surface area contributed by atoms with E-state index >= 15 is 0 Å². The summed E-state index contributed by atoms with van der Waals surface area (Å²) in [4.78, 5) is 11.4. The summed E-state index contributed by atoms with van der Waals surface area (Å²) in [7, 11) is 0. The number of carbonyl (C=O) groups is 1. The molecule has 0 aromatic carbocycles. The Labute approximate surface area is 87.0 Å². The van der Waals surface area contributed by atoms with Gasteiger partial charge in [0.2, 0.25) is 0 Å². The van der Waals surface area contributed by atoms with Crippen LogP contribution in [-0.4, -0.2) is 18.1 Å². The molecule has 0 aliphatic heterocycles.